The van der Waals surface area contributed by atoms with Crippen LogP contribution in [-0.4, -0.2) is 45.6 Å². The highest BCUT2D eigenvalue weighted by molar-refractivity contribution is 7.81. The minimum Gasteiger partial charge on any atom is -0.489 e. The number of thiocarbonyl (C=S) groups is 1. The summed E-state index contributed by atoms with van der Waals surface area (Å²) in [6, 6.07) is 9.03. The van der Waals surface area contributed by atoms with Gasteiger partial charge in [0.25, 0.3) is 0 Å². The number of carbonyl (C=O) groups excluding carboxylic acids is 1. The Morgan fingerprint density at radius 2 is 1.95 bits per heavy atom. The maximum atomic E-state index is 12.3. The number of hydrogen-bond donors (Lipinski definition) is 2. The van der Waals surface area contributed by atoms with Crippen LogP contribution in [0.5, 0.6) is 5.75 Å². The van der Waals surface area contributed by atoms with Crippen molar-refractivity contribution >= 4 is 74.5 Å². The summed E-state index contributed by atoms with van der Waals surface area (Å²) in [6.07, 6.45) is 5.79. The Morgan fingerprint density at radius 3 is 2.68 bits per heavy atom. The van der Waals surface area contributed by atoms with E-state index in [9.17, 15) is 4.79 Å². The van der Waals surface area contributed by atoms with E-state index < -0.39 is 18.1 Å². The highest BCUT2D eigenvalue weighted by Gasteiger charge is 2.29. The molecule has 1 aliphatic carbocycles. The monoisotopic (exact) mass is 590 g/mol. The Hall–Kier alpha value is -2.46. The van der Waals surface area contributed by atoms with Gasteiger partial charge in [-0.05, 0) is 63.2 Å². The van der Waals surface area contributed by atoms with Crippen LogP contribution in [-0.2, 0) is 9.53 Å². The van der Waals surface area contributed by atoms with Gasteiger partial charge in [-0.15, -0.1) is 0 Å². The number of nitrogens with zero attached hydrogens (tertiary/aromatic N) is 2. The van der Waals surface area contributed by atoms with Gasteiger partial charge in [0.2, 0.25) is 5.91 Å². The first-order valence-corrected chi connectivity index (χ1v) is 13.7. The molecule has 0 spiro atoms. The van der Waals surface area contributed by atoms with Crippen LogP contribution in [0, 0.1) is 0 Å². The minimum absolute atomic E-state index is 0.105. The van der Waals surface area contributed by atoms with Gasteiger partial charge in [0.1, 0.15) is 24.3 Å². The predicted octanol–water partition coefficient (Wildman–Crippen LogP) is 5.91. The number of imidazole rings is 1. The van der Waals surface area contributed by atoms with Gasteiger partial charge in [-0.1, -0.05) is 59.2 Å². The second kappa shape index (κ2) is 11.3. The molecule has 0 saturated carbocycles. The number of rotatable bonds is 7. The van der Waals surface area contributed by atoms with E-state index in [0.717, 1.165) is 31.5 Å². The van der Waals surface area contributed by atoms with Crippen molar-refractivity contribution in [3.05, 3.63) is 75.0 Å². The maximum absolute atomic E-state index is 12.3. The van der Waals surface area contributed by atoms with E-state index in [1.807, 2.05) is 31.2 Å². The second-order valence-corrected chi connectivity index (χ2v) is 10.8. The molecule has 11 heteroatoms. The normalized spacial score (nSPS) is 19.3. The smallest absolute Gasteiger partial charge is 0.250 e. The van der Waals surface area contributed by atoms with E-state index in [2.05, 4.69) is 10.3 Å². The Labute approximate surface area is 240 Å². The minimum atomic E-state index is -0.729. The maximum Gasteiger partial charge on any atom is 0.250 e. The molecule has 3 N–H and O–H groups in total. The SMILES string of the molecule is C[C@@H](OC1C=C(n2cnc3cc(Cl)c(Cl)cc32)C=C(C(N)=O)C1=S)c1cccc(OC2CCNCC2)c1Cl. The molecule has 0 bridgehead atoms. The molecule has 1 unspecified atom stereocenters. The van der Waals surface area contributed by atoms with Gasteiger partial charge < -0.3 is 20.5 Å². The third-order valence-electron chi connectivity index (χ3n) is 6.63. The highest BCUT2D eigenvalue weighted by atomic mass is 35.5. The molecule has 1 aliphatic heterocycles. The number of carbonyl (C=O) groups is 1. The first-order chi connectivity index (χ1) is 18.2. The van der Waals surface area contributed by atoms with Gasteiger partial charge in [-0.3, -0.25) is 9.36 Å². The van der Waals surface area contributed by atoms with Crippen LogP contribution in [0.2, 0.25) is 15.1 Å². The van der Waals surface area contributed by atoms with Crippen LogP contribution in [0.1, 0.15) is 31.4 Å². The molecular formula is C27H25Cl3N4O3S. The fourth-order valence-corrected chi connectivity index (χ4v) is 5.55. The third-order valence-corrected chi connectivity index (χ3v) is 8.21. The summed E-state index contributed by atoms with van der Waals surface area (Å²) in [6.45, 7) is 3.70. The number of ether oxygens (including phenoxy) is 2. The average Bonchev–Trinajstić information content (AvgIpc) is 3.29. The summed E-state index contributed by atoms with van der Waals surface area (Å²) in [7, 11) is 0. The molecular weight excluding hydrogens is 567 g/mol. The van der Waals surface area contributed by atoms with Crippen LogP contribution < -0.4 is 15.8 Å². The summed E-state index contributed by atoms with van der Waals surface area (Å²) in [5, 5.41) is 4.60. The molecule has 2 aromatic carbocycles. The first kappa shape index (κ1) is 27.1. The average molecular weight is 592 g/mol. The molecule has 5 rings (SSSR count). The Morgan fingerprint density at radius 1 is 1.21 bits per heavy atom. The van der Waals surface area contributed by atoms with Crippen molar-refractivity contribution in [3.8, 4) is 5.75 Å². The number of amides is 1. The number of piperidine rings is 1. The molecule has 1 saturated heterocycles. The topological polar surface area (TPSA) is 91.4 Å². The molecule has 2 heterocycles. The number of nitrogens with two attached hydrogens (primary N) is 1. The lowest BCUT2D eigenvalue weighted by Gasteiger charge is -2.27. The second-order valence-electron chi connectivity index (χ2n) is 9.17. The molecule has 198 valence electrons. The van der Waals surface area contributed by atoms with Gasteiger partial charge in [0.15, 0.2) is 0 Å². The molecule has 1 amide bonds. The zero-order valence-electron chi connectivity index (χ0n) is 20.4. The standard InChI is InChI=1S/C27H25Cl3N4O3S/c1-14(17-3-2-4-23(25(17)30)37-16-5-7-32-8-6-16)36-24-10-15(9-18(26(24)38)27(31)35)34-13-33-21-11-19(28)20(29)12-22(21)34/h2-4,9-14,16,24,32H,5-8H2,1H3,(H2,31,35)/t14-,24?/m1/s1. The highest BCUT2D eigenvalue weighted by Crippen LogP contribution is 2.37. The number of allylic oxidation sites excluding steroid dienone is 2. The molecule has 3 aromatic rings. The Balaban J connectivity index is 1.45. The van der Waals surface area contributed by atoms with Gasteiger partial charge in [0.05, 0.1) is 42.6 Å². The molecule has 1 fully saturated rings. The molecule has 2 aliphatic rings. The van der Waals surface area contributed by atoms with Crippen molar-refractivity contribution in [2.24, 2.45) is 5.73 Å². The number of hydrogen-bond acceptors (Lipinski definition) is 6. The molecule has 1 aromatic heterocycles. The van der Waals surface area contributed by atoms with Crippen molar-refractivity contribution in [1.82, 2.24) is 14.9 Å². The van der Waals surface area contributed by atoms with E-state index in [0.29, 0.717) is 37.5 Å². The van der Waals surface area contributed by atoms with E-state index in [-0.39, 0.29) is 16.5 Å². The largest absolute Gasteiger partial charge is 0.489 e. The van der Waals surface area contributed by atoms with E-state index in [4.69, 9.17) is 62.2 Å². The van der Waals surface area contributed by atoms with Crippen molar-refractivity contribution in [3.63, 3.8) is 0 Å². The van der Waals surface area contributed by atoms with Gasteiger partial charge in [-0.25, -0.2) is 4.98 Å². The van der Waals surface area contributed by atoms with Crippen molar-refractivity contribution in [1.29, 1.82) is 0 Å². The molecule has 2 atom stereocenters. The number of fused-ring (bicyclic) bond motifs is 1. The van der Waals surface area contributed by atoms with Crippen LogP contribution in [0.15, 0.2) is 54.4 Å². The zero-order chi connectivity index (χ0) is 27.0. The lowest BCUT2D eigenvalue weighted by atomic mass is 9.98. The van der Waals surface area contributed by atoms with E-state index >= 15 is 0 Å². The number of aromatic nitrogens is 2. The summed E-state index contributed by atoms with van der Waals surface area (Å²) in [4.78, 5) is 17.0. The van der Waals surface area contributed by atoms with Crippen molar-refractivity contribution < 1.29 is 14.3 Å². The van der Waals surface area contributed by atoms with Crippen LogP contribution in [0.4, 0.5) is 0 Å². The summed E-state index contributed by atoms with van der Waals surface area (Å²) in [5.41, 5.74) is 8.58. The zero-order valence-corrected chi connectivity index (χ0v) is 23.5. The van der Waals surface area contributed by atoms with Crippen LogP contribution in [0.25, 0.3) is 16.7 Å². The summed E-state index contributed by atoms with van der Waals surface area (Å²) < 4.78 is 14.4. The van der Waals surface area contributed by atoms with Gasteiger partial charge in [-0.2, -0.15) is 0 Å². The molecule has 38 heavy (non-hydrogen) atoms. The van der Waals surface area contributed by atoms with Crippen LogP contribution >= 0.6 is 47.0 Å². The fourth-order valence-electron chi connectivity index (χ4n) is 4.62. The van der Waals surface area contributed by atoms with Gasteiger partial charge in [0, 0.05) is 11.3 Å². The third kappa shape index (κ3) is 5.47. The Kier molecular flexibility index (Phi) is 8.09. The van der Waals surface area contributed by atoms with Crippen LogP contribution in [0.3, 0.4) is 0 Å². The summed E-state index contributed by atoms with van der Waals surface area (Å²) >= 11 is 24.8. The van der Waals surface area contributed by atoms with Gasteiger partial charge >= 0.3 is 0 Å². The lowest BCUT2D eigenvalue weighted by Crippen LogP contribution is -2.34. The van der Waals surface area contributed by atoms with Crippen molar-refractivity contribution in [2.45, 2.75) is 38.1 Å². The quantitative estimate of drug-likeness (QED) is 0.332. The van der Waals surface area contributed by atoms with Crippen molar-refractivity contribution in [2.75, 3.05) is 13.1 Å². The summed E-state index contributed by atoms with van der Waals surface area (Å²) in [5.74, 6) is -0.0325. The number of nitrogens with one attached hydrogen (secondary N) is 1. The van der Waals surface area contributed by atoms with E-state index in [1.54, 1.807) is 29.1 Å². The molecule has 7 nitrogen and oxygen atoms in total. The number of benzene rings is 2. The fraction of sp³-hybridized carbons (Fsp3) is 0.296. The number of primary amides is 1. The van der Waals surface area contributed by atoms with E-state index in [1.165, 1.54) is 0 Å². The Bertz CT molecular complexity index is 1480. The number of halogens is 3. The first-order valence-electron chi connectivity index (χ1n) is 12.1. The lowest BCUT2D eigenvalue weighted by molar-refractivity contribution is -0.114. The predicted molar refractivity (Wildman–Crippen MR) is 155 cm³/mol. The molecule has 0 radical (unpaired) electrons.